The molecule has 2 fully saturated rings. The number of carbonyl (C=O) groups is 1. The Bertz CT molecular complexity index is 656. The molecule has 23 heavy (non-hydrogen) atoms. The quantitative estimate of drug-likeness (QED) is 0.901. The van der Waals surface area contributed by atoms with E-state index in [9.17, 15) is 4.79 Å². The molecule has 0 bridgehead atoms. The van der Waals surface area contributed by atoms with Gasteiger partial charge in [-0.2, -0.15) is 0 Å². The number of piperidine rings is 1. The van der Waals surface area contributed by atoms with Gasteiger partial charge in [-0.3, -0.25) is 4.79 Å². The van der Waals surface area contributed by atoms with Crippen LogP contribution in [0.15, 0.2) is 17.9 Å². The summed E-state index contributed by atoms with van der Waals surface area (Å²) >= 11 is 1.46. The first-order valence-electron chi connectivity index (χ1n) is 8.29. The van der Waals surface area contributed by atoms with Gasteiger partial charge in [-0.05, 0) is 38.8 Å². The molecule has 1 aliphatic heterocycles. The summed E-state index contributed by atoms with van der Waals surface area (Å²) in [5, 5.41) is 5.72. The normalized spacial score (nSPS) is 25.0. The van der Waals surface area contributed by atoms with Crippen molar-refractivity contribution in [2.45, 2.75) is 44.2 Å². The van der Waals surface area contributed by atoms with Crippen molar-refractivity contribution in [2.75, 3.05) is 13.1 Å². The SMILES string of the molecule is O=C(NC1CC(N2CCCCC2)C1)c1csc(-c2cnc[nH]2)n1. The van der Waals surface area contributed by atoms with Crippen LogP contribution in [0.5, 0.6) is 0 Å². The molecule has 2 aliphatic rings. The molecule has 3 heterocycles. The number of aromatic nitrogens is 3. The molecule has 1 saturated heterocycles. The van der Waals surface area contributed by atoms with Crippen LogP contribution in [0.25, 0.3) is 10.7 Å². The molecule has 2 N–H and O–H groups in total. The fraction of sp³-hybridized carbons (Fsp3) is 0.562. The van der Waals surface area contributed by atoms with Gasteiger partial charge < -0.3 is 15.2 Å². The molecule has 1 aliphatic carbocycles. The number of H-pyrrole nitrogens is 1. The maximum atomic E-state index is 12.3. The second-order valence-corrected chi connectivity index (χ2v) is 7.25. The summed E-state index contributed by atoms with van der Waals surface area (Å²) in [6, 6.07) is 0.961. The fourth-order valence-corrected chi connectivity index (χ4v) is 4.19. The largest absolute Gasteiger partial charge is 0.348 e. The van der Waals surface area contributed by atoms with E-state index < -0.39 is 0 Å². The van der Waals surface area contributed by atoms with Gasteiger partial charge >= 0.3 is 0 Å². The van der Waals surface area contributed by atoms with Crippen molar-refractivity contribution in [1.29, 1.82) is 0 Å². The molecule has 6 nitrogen and oxygen atoms in total. The number of imidazole rings is 1. The monoisotopic (exact) mass is 331 g/mol. The molecule has 0 aromatic carbocycles. The Morgan fingerprint density at radius 1 is 1.30 bits per heavy atom. The summed E-state index contributed by atoms with van der Waals surface area (Å²) in [7, 11) is 0. The standard InChI is InChI=1S/C16H21N5OS/c22-15(14-9-23-16(20-14)13-8-17-10-18-13)19-11-6-12(7-11)21-4-2-1-3-5-21/h8-12H,1-7H2,(H,17,18)(H,19,22). The fourth-order valence-electron chi connectivity index (χ4n) is 3.42. The molecule has 4 rings (SSSR count). The average Bonchev–Trinajstić information content (AvgIpc) is 3.21. The number of nitrogens with one attached hydrogen (secondary N) is 2. The minimum absolute atomic E-state index is 0.0610. The van der Waals surface area contributed by atoms with E-state index in [4.69, 9.17) is 0 Å². The third-order valence-corrected chi connectivity index (χ3v) is 5.70. The number of hydrogen-bond acceptors (Lipinski definition) is 5. The lowest BCUT2D eigenvalue weighted by Crippen LogP contribution is -2.54. The van der Waals surface area contributed by atoms with Crippen LogP contribution < -0.4 is 5.32 Å². The molecule has 0 atom stereocenters. The van der Waals surface area contributed by atoms with Crippen molar-refractivity contribution in [3.63, 3.8) is 0 Å². The van der Waals surface area contributed by atoms with Crippen LogP contribution >= 0.6 is 11.3 Å². The summed E-state index contributed by atoms with van der Waals surface area (Å²) in [5.74, 6) is -0.0610. The van der Waals surface area contributed by atoms with Crippen molar-refractivity contribution >= 4 is 17.2 Å². The second-order valence-electron chi connectivity index (χ2n) is 6.40. The van der Waals surface area contributed by atoms with Crippen LogP contribution in [0.3, 0.4) is 0 Å². The van der Waals surface area contributed by atoms with Crippen LogP contribution in [-0.2, 0) is 0 Å². The molecule has 1 amide bonds. The zero-order chi connectivity index (χ0) is 15.6. The third kappa shape index (κ3) is 3.16. The van der Waals surface area contributed by atoms with E-state index in [0.717, 1.165) is 23.5 Å². The Hall–Kier alpha value is -1.73. The minimum Gasteiger partial charge on any atom is -0.348 e. The van der Waals surface area contributed by atoms with Crippen molar-refractivity contribution in [2.24, 2.45) is 0 Å². The minimum atomic E-state index is -0.0610. The van der Waals surface area contributed by atoms with Crippen LogP contribution in [0, 0.1) is 0 Å². The van der Waals surface area contributed by atoms with E-state index in [0.29, 0.717) is 17.8 Å². The van der Waals surface area contributed by atoms with Gasteiger partial charge in [-0.1, -0.05) is 6.42 Å². The summed E-state index contributed by atoms with van der Waals surface area (Å²) < 4.78 is 0. The number of amides is 1. The number of nitrogens with zero attached hydrogens (tertiary/aromatic N) is 3. The summed E-state index contributed by atoms with van der Waals surface area (Å²) in [4.78, 5) is 26.3. The maximum absolute atomic E-state index is 12.3. The predicted molar refractivity (Wildman–Crippen MR) is 89.4 cm³/mol. The molecular weight excluding hydrogens is 310 g/mol. The molecule has 2 aromatic heterocycles. The highest BCUT2D eigenvalue weighted by Crippen LogP contribution is 2.28. The molecule has 7 heteroatoms. The van der Waals surface area contributed by atoms with Gasteiger partial charge in [-0.15, -0.1) is 11.3 Å². The highest BCUT2D eigenvalue weighted by atomic mass is 32.1. The maximum Gasteiger partial charge on any atom is 0.270 e. The highest BCUT2D eigenvalue weighted by molar-refractivity contribution is 7.13. The van der Waals surface area contributed by atoms with E-state index in [1.165, 1.54) is 43.7 Å². The lowest BCUT2D eigenvalue weighted by molar-refractivity contribution is 0.0675. The van der Waals surface area contributed by atoms with Crippen molar-refractivity contribution in [3.8, 4) is 10.7 Å². The van der Waals surface area contributed by atoms with Gasteiger partial charge in [0.05, 0.1) is 18.2 Å². The zero-order valence-corrected chi connectivity index (χ0v) is 13.8. The van der Waals surface area contributed by atoms with E-state index in [1.807, 2.05) is 5.38 Å². The Balaban J connectivity index is 1.29. The second kappa shape index (κ2) is 6.41. The predicted octanol–water partition coefficient (Wildman–Crippen LogP) is 2.28. The number of carbonyl (C=O) groups excluding carboxylic acids is 1. The first-order valence-corrected chi connectivity index (χ1v) is 9.17. The van der Waals surface area contributed by atoms with Crippen LogP contribution in [0.2, 0.25) is 0 Å². The van der Waals surface area contributed by atoms with Gasteiger partial charge in [-0.25, -0.2) is 9.97 Å². The van der Waals surface area contributed by atoms with Crippen molar-refractivity contribution < 1.29 is 4.79 Å². The molecule has 0 radical (unpaired) electrons. The average molecular weight is 331 g/mol. The summed E-state index contributed by atoms with van der Waals surface area (Å²) in [5.41, 5.74) is 1.35. The Labute approximate surface area is 139 Å². The number of thiazole rings is 1. The highest BCUT2D eigenvalue weighted by Gasteiger charge is 2.35. The van der Waals surface area contributed by atoms with Crippen molar-refractivity contribution in [3.05, 3.63) is 23.6 Å². The summed E-state index contributed by atoms with van der Waals surface area (Å²) in [6.07, 6.45) is 9.49. The van der Waals surface area contributed by atoms with Gasteiger partial charge in [0, 0.05) is 17.5 Å². The van der Waals surface area contributed by atoms with Crippen LogP contribution in [0.4, 0.5) is 0 Å². The number of aromatic amines is 1. The number of likely N-dealkylation sites (tertiary alicyclic amines) is 1. The van der Waals surface area contributed by atoms with Gasteiger partial charge in [0.1, 0.15) is 10.7 Å². The number of hydrogen-bond donors (Lipinski definition) is 2. The van der Waals surface area contributed by atoms with Gasteiger partial charge in [0.25, 0.3) is 5.91 Å². The molecule has 2 aromatic rings. The van der Waals surface area contributed by atoms with Gasteiger partial charge in [0.15, 0.2) is 0 Å². The van der Waals surface area contributed by atoms with E-state index >= 15 is 0 Å². The molecule has 1 saturated carbocycles. The number of rotatable bonds is 4. The molecule has 0 unspecified atom stereocenters. The first kappa shape index (κ1) is 14.8. The molecule has 122 valence electrons. The van der Waals surface area contributed by atoms with E-state index in [-0.39, 0.29) is 5.91 Å². The smallest absolute Gasteiger partial charge is 0.270 e. The topological polar surface area (TPSA) is 73.9 Å². The Morgan fingerprint density at radius 2 is 2.13 bits per heavy atom. The zero-order valence-electron chi connectivity index (χ0n) is 13.0. The Kier molecular flexibility index (Phi) is 4.13. The van der Waals surface area contributed by atoms with E-state index in [2.05, 4.69) is 25.2 Å². The van der Waals surface area contributed by atoms with E-state index in [1.54, 1.807) is 12.5 Å². The van der Waals surface area contributed by atoms with Gasteiger partial charge in [0.2, 0.25) is 0 Å². The molecular formula is C16H21N5OS. The lowest BCUT2D eigenvalue weighted by Gasteiger charge is -2.44. The summed E-state index contributed by atoms with van der Waals surface area (Å²) in [6.45, 7) is 2.45. The lowest BCUT2D eigenvalue weighted by atomic mass is 9.84. The first-order chi connectivity index (χ1) is 11.3. The van der Waals surface area contributed by atoms with Crippen LogP contribution in [0.1, 0.15) is 42.6 Å². The third-order valence-electron chi connectivity index (χ3n) is 4.82. The Morgan fingerprint density at radius 3 is 2.87 bits per heavy atom. The van der Waals surface area contributed by atoms with Crippen LogP contribution in [-0.4, -0.2) is 50.9 Å². The van der Waals surface area contributed by atoms with Crippen molar-refractivity contribution in [1.82, 2.24) is 25.2 Å². The molecule has 0 spiro atoms.